The van der Waals surface area contributed by atoms with Crippen molar-refractivity contribution in [1.82, 2.24) is 20.2 Å². The van der Waals surface area contributed by atoms with Crippen LogP contribution in [0.3, 0.4) is 0 Å². The van der Waals surface area contributed by atoms with Crippen LogP contribution < -0.4 is 11.1 Å². The second-order valence-corrected chi connectivity index (χ2v) is 7.11. The van der Waals surface area contributed by atoms with Crippen LogP contribution in [-0.2, 0) is 6.54 Å². The summed E-state index contributed by atoms with van der Waals surface area (Å²) in [4.78, 5) is 13.9. The number of nitrogen functional groups attached to an aromatic ring is 1. The van der Waals surface area contributed by atoms with Crippen LogP contribution in [0.2, 0.25) is 0 Å². The Hall–Kier alpha value is -1.24. The molecule has 0 bridgehead atoms. The Morgan fingerprint density at radius 1 is 1.38 bits per heavy atom. The maximum absolute atomic E-state index is 6.15. The molecule has 1 atom stereocenters. The Morgan fingerprint density at radius 3 is 2.90 bits per heavy atom. The van der Waals surface area contributed by atoms with Gasteiger partial charge in [-0.25, -0.2) is 9.97 Å². The van der Waals surface area contributed by atoms with Gasteiger partial charge in [0.25, 0.3) is 0 Å². The third-order valence-corrected chi connectivity index (χ3v) is 5.49. The molecule has 1 saturated heterocycles. The zero-order chi connectivity index (χ0) is 15.0. The summed E-state index contributed by atoms with van der Waals surface area (Å²) in [6.07, 6.45) is 2.47. The van der Waals surface area contributed by atoms with E-state index in [-0.39, 0.29) is 0 Å². The summed E-state index contributed by atoms with van der Waals surface area (Å²) in [5.41, 5.74) is 7.36. The van der Waals surface area contributed by atoms with E-state index in [4.69, 9.17) is 10.7 Å². The van der Waals surface area contributed by atoms with Gasteiger partial charge in [0.15, 0.2) is 0 Å². The van der Waals surface area contributed by atoms with Crippen molar-refractivity contribution in [2.75, 3.05) is 25.9 Å². The van der Waals surface area contributed by atoms with Crippen LogP contribution in [0.25, 0.3) is 10.2 Å². The lowest BCUT2D eigenvalue weighted by Crippen LogP contribution is -2.43. The van der Waals surface area contributed by atoms with Crippen molar-refractivity contribution in [1.29, 1.82) is 0 Å². The van der Waals surface area contributed by atoms with E-state index in [0.29, 0.717) is 11.9 Å². The number of likely N-dealkylation sites (N-methyl/N-ethyl adjacent to an activating group) is 1. The molecular formula is C15H23N5S. The molecule has 0 spiro atoms. The number of thiophene rings is 1. The Bertz CT molecular complexity index is 645. The van der Waals surface area contributed by atoms with E-state index in [1.165, 1.54) is 23.3 Å². The summed E-state index contributed by atoms with van der Waals surface area (Å²) in [6, 6.07) is 0.561. The van der Waals surface area contributed by atoms with E-state index in [0.717, 1.165) is 35.7 Å². The highest BCUT2D eigenvalue weighted by atomic mass is 32.1. The summed E-state index contributed by atoms with van der Waals surface area (Å²) >= 11 is 1.71. The predicted molar refractivity (Wildman–Crippen MR) is 88.7 cm³/mol. The Balaban J connectivity index is 1.83. The van der Waals surface area contributed by atoms with Crippen molar-refractivity contribution < 1.29 is 0 Å². The van der Waals surface area contributed by atoms with Gasteiger partial charge in [-0.05, 0) is 45.8 Å². The molecule has 2 aromatic rings. The van der Waals surface area contributed by atoms with Gasteiger partial charge < -0.3 is 11.1 Å². The van der Waals surface area contributed by atoms with Crippen LogP contribution >= 0.6 is 11.3 Å². The second kappa shape index (κ2) is 5.87. The van der Waals surface area contributed by atoms with E-state index in [1.807, 2.05) is 0 Å². The Kier molecular flexibility index (Phi) is 4.10. The van der Waals surface area contributed by atoms with Crippen LogP contribution in [0.1, 0.15) is 29.1 Å². The quantitative estimate of drug-likeness (QED) is 0.909. The number of hydrogen-bond acceptors (Lipinski definition) is 6. The molecule has 0 saturated carbocycles. The molecule has 0 aromatic carbocycles. The van der Waals surface area contributed by atoms with E-state index < -0.39 is 0 Å². The first-order chi connectivity index (χ1) is 10.1. The van der Waals surface area contributed by atoms with Gasteiger partial charge in [0.05, 0.1) is 11.9 Å². The molecule has 6 heteroatoms. The molecule has 0 amide bonds. The van der Waals surface area contributed by atoms with Gasteiger partial charge in [-0.1, -0.05) is 0 Å². The minimum absolute atomic E-state index is 0.561. The summed E-state index contributed by atoms with van der Waals surface area (Å²) < 4.78 is 0. The molecule has 21 heavy (non-hydrogen) atoms. The molecule has 5 nitrogen and oxygen atoms in total. The molecule has 3 N–H and O–H groups in total. The fourth-order valence-corrected chi connectivity index (χ4v) is 4.02. The largest absolute Gasteiger partial charge is 0.383 e. The average molecular weight is 305 g/mol. The first-order valence-electron chi connectivity index (χ1n) is 7.49. The number of aryl methyl sites for hydroxylation is 2. The molecule has 2 aromatic heterocycles. The maximum atomic E-state index is 6.15. The van der Waals surface area contributed by atoms with Crippen molar-refractivity contribution in [3.8, 4) is 0 Å². The minimum atomic E-state index is 0.561. The summed E-state index contributed by atoms with van der Waals surface area (Å²) in [5, 5.41) is 4.48. The number of hydrogen-bond donors (Lipinski definition) is 2. The highest BCUT2D eigenvalue weighted by molar-refractivity contribution is 7.18. The summed E-state index contributed by atoms with van der Waals surface area (Å²) in [5.74, 6) is 1.45. The zero-order valence-electron chi connectivity index (χ0n) is 12.9. The number of fused-ring (bicyclic) bond motifs is 1. The fourth-order valence-electron chi connectivity index (χ4n) is 2.96. The summed E-state index contributed by atoms with van der Waals surface area (Å²) in [6.45, 7) is 7.13. The van der Waals surface area contributed by atoms with Crippen LogP contribution in [0.4, 0.5) is 5.82 Å². The number of nitrogens with two attached hydrogens (primary N) is 1. The second-order valence-electron chi connectivity index (χ2n) is 5.90. The number of rotatable bonds is 3. The van der Waals surface area contributed by atoms with Crippen LogP contribution in [0.5, 0.6) is 0 Å². The van der Waals surface area contributed by atoms with Gasteiger partial charge in [-0.15, -0.1) is 11.3 Å². The third-order valence-electron chi connectivity index (χ3n) is 4.39. The molecular weight excluding hydrogens is 282 g/mol. The Morgan fingerprint density at radius 2 is 2.19 bits per heavy atom. The van der Waals surface area contributed by atoms with E-state index in [2.05, 4.69) is 36.1 Å². The molecule has 114 valence electrons. The lowest BCUT2D eigenvalue weighted by molar-refractivity contribution is 0.192. The number of nitrogens with zero attached hydrogens (tertiary/aromatic N) is 3. The van der Waals surface area contributed by atoms with E-state index in [1.54, 1.807) is 11.3 Å². The topological polar surface area (TPSA) is 67.1 Å². The van der Waals surface area contributed by atoms with Gasteiger partial charge in [-0.3, -0.25) is 4.90 Å². The highest BCUT2D eigenvalue weighted by Crippen LogP contribution is 2.32. The lowest BCUT2D eigenvalue weighted by atomic mass is 10.1. The molecule has 0 radical (unpaired) electrons. The van der Waals surface area contributed by atoms with E-state index in [9.17, 15) is 0 Å². The molecule has 1 fully saturated rings. The zero-order valence-corrected chi connectivity index (χ0v) is 13.8. The van der Waals surface area contributed by atoms with Gasteiger partial charge in [0.2, 0.25) is 0 Å². The van der Waals surface area contributed by atoms with Gasteiger partial charge >= 0.3 is 0 Å². The van der Waals surface area contributed by atoms with Crippen molar-refractivity contribution in [2.24, 2.45) is 0 Å². The molecule has 1 aliphatic heterocycles. The van der Waals surface area contributed by atoms with Gasteiger partial charge in [0, 0.05) is 17.5 Å². The standard InChI is InChI=1S/C15H23N5S/c1-9-10(2)21-15-13(9)14(16)18-12(19-15)8-20(3)11-5-4-6-17-7-11/h11,17H,4-8H2,1-3H3,(H2,16,18,19). The number of aromatic nitrogens is 2. The predicted octanol–water partition coefficient (Wildman–Crippen LogP) is 2.07. The maximum Gasteiger partial charge on any atom is 0.146 e. The Labute approximate surface area is 129 Å². The van der Waals surface area contributed by atoms with E-state index >= 15 is 0 Å². The molecule has 3 rings (SSSR count). The first kappa shape index (κ1) is 14.7. The van der Waals surface area contributed by atoms with Gasteiger partial charge in [0.1, 0.15) is 16.5 Å². The van der Waals surface area contributed by atoms with Crippen molar-refractivity contribution in [2.45, 2.75) is 39.3 Å². The van der Waals surface area contributed by atoms with Crippen molar-refractivity contribution in [3.05, 3.63) is 16.3 Å². The lowest BCUT2D eigenvalue weighted by Gasteiger charge is -2.31. The molecule has 0 aliphatic carbocycles. The number of nitrogens with one attached hydrogen (secondary N) is 1. The smallest absolute Gasteiger partial charge is 0.146 e. The SMILES string of the molecule is Cc1sc2nc(CN(C)C3CCCNC3)nc(N)c2c1C. The van der Waals surface area contributed by atoms with Crippen molar-refractivity contribution >= 4 is 27.4 Å². The van der Waals surface area contributed by atoms with Crippen LogP contribution in [0.15, 0.2) is 0 Å². The monoisotopic (exact) mass is 305 g/mol. The minimum Gasteiger partial charge on any atom is -0.383 e. The molecule has 3 heterocycles. The first-order valence-corrected chi connectivity index (χ1v) is 8.31. The van der Waals surface area contributed by atoms with Gasteiger partial charge in [-0.2, -0.15) is 0 Å². The number of piperidine rings is 1. The highest BCUT2D eigenvalue weighted by Gasteiger charge is 2.19. The number of anilines is 1. The summed E-state index contributed by atoms with van der Waals surface area (Å²) in [7, 11) is 2.15. The molecule has 1 unspecified atom stereocenters. The van der Waals surface area contributed by atoms with Crippen LogP contribution in [0, 0.1) is 13.8 Å². The fraction of sp³-hybridized carbons (Fsp3) is 0.600. The third kappa shape index (κ3) is 2.88. The average Bonchev–Trinajstić information content (AvgIpc) is 2.75. The van der Waals surface area contributed by atoms with Crippen LogP contribution in [-0.4, -0.2) is 41.0 Å². The van der Waals surface area contributed by atoms with Crippen molar-refractivity contribution in [3.63, 3.8) is 0 Å². The molecule has 1 aliphatic rings. The normalized spacial score (nSPS) is 19.5.